The summed E-state index contributed by atoms with van der Waals surface area (Å²) in [5.41, 5.74) is 6.97. The third kappa shape index (κ3) is 6.30. The molecule has 3 aromatic carbocycles. The van der Waals surface area contributed by atoms with E-state index in [2.05, 4.69) is 42.3 Å². The average molecular weight is 458 g/mol. The van der Waals surface area contributed by atoms with Crippen molar-refractivity contribution >= 4 is 16.3 Å². The zero-order valence-corrected chi connectivity index (χ0v) is 18.4. The maximum Gasteiger partial charge on any atom is 0.449 e. The van der Waals surface area contributed by atoms with Crippen LogP contribution in [0, 0.1) is 13.8 Å². The maximum absolute atomic E-state index is 11.7. The number of hydroxylamine groups is 1. The molecular formula is C23H23NO7S. The maximum atomic E-state index is 11.7. The Balaban J connectivity index is 1.62. The van der Waals surface area contributed by atoms with Gasteiger partial charge < -0.3 is 8.92 Å². The third-order valence-electron chi connectivity index (χ3n) is 4.58. The highest BCUT2D eigenvalue weighted by atomic mass is 32.3. The van der Waals surface area contributed by atoms with Crippen LogP contribution in [0.2, 0.25) is 0 Å². The molecule has 32 heavy (non-hydrogen) atoms. The molecule has 8 nitrogen and oxygen atoms in total. The van der Waals surface area contributed by atoms with Crippen LogP contribution >= 0.6 is 0 Å². The minimum atomic E-state index is -4.46. The summed E-state index contributed by atoms with van der Waals surface area (Å²) >= 11 is 0. The standard InChI is InChI=1S/C23H23NO7S/c1-16-5-3-6-17(2)23(16)19-8-4-7-18(13-19)14-29-20-9-11-21(12-10-20)31-32(27,28)30-15-22(25)24-26/h3-13,26H,14-15H2,1-2H3,(H,24,25). The summed E-state index contributed by atoms with van der Waals surface area (Å²) in [6.45, 7) is 3.60. The summed E-state index contributed by atoms with van der Waals surface area (Å²) in [6, 6.07) is 20.2. The van der Waals surface area contributed by atoms with E-state index in [0.29, 0.717) is 12.4 Å². The first kappa shape index (κ1) is 23.3. The summed E-state index contributed by atoms with van der Waals surface area (Å²) in [7, 11) is -4.46. The lowest BCUT2D eigenvalue weighted by Gasteiger charge is -2.12. The topological polar surface area (TPSA) is 111 Å². The summed E-state index contributed by atoms with van der Waals surface area (Å²) < 4.78 is 38.2. The molecule has 3 aromatic rings. The molecule has 0 radical (unpaired) electrons. The molecule has 0 spiro atoms. The van der Waals surface area contributed by atoms with E-state index in [1.807, 2.05) is 18.2 Å². The van der Waals surface area contributed by atoms with Gasteiger partial charge in [0, 0.05) is 0 Å². The number of ether oxygens (including phenoxy) is 1. The Kier molecular flexibility index (Phi) is 7.47. The van der Waals surface area contributed by atoms with Crippen LogP contribution in [0.1, 0.15) is 16.7 Å². The molecule has 0 fully saturated rings. The molecule has 0 aliphatic carbocycles. The van der Waals surface area contributed by atoms with E-state index in [4.69, 9.17) is 14.1 Å². The normalized spacial score (nSPS) is 11.1. The molecule has 0 aliphatic heterocycles. The third-order valence-corrected chi connectivity index (χ3v) is 5.39. The molecule has 0 saturated carbocycles. The van der Waals surface area contributed by atoms with Crippen molar-refractivity contribution in [3.63, 3.8) is 0 Å². The van der Waals surface area contributed by atoms with Gasteiger partial charge in [0.05, 0.1) is 0 Å². The molecular weight excluding hydrogens is 434 g/mol. The molecule has 3 rings (SSSR count). The van der Waals surface area contributed by atoms with Crippen LogP contribution in [0.3, 0.4) is 0 Å². The summed E-state index contributed by atoms with van der Waals surface area (Å²) in [5.74, 6) is -0.519. The number of amides is 1. The molecule has 9 heteroatoms. The number of hydrogen-bond acceptors (Lipinski definition) is 7. The van der Waals surface area contributed by atoms with Gasteiger partial charge in [0.15, 0.2) is 6.61 Å². The van der Waals surface area contributed by atoms with E-state index < -0.39 is 22.9 Å². The van der Waals surface area contributed by atoms with Gasteiger partial charge in [-0.05, 0) is 72.0 Å². The summed E-state index contributed by atoms with van der Waals surface area (Å²) in [4.78, 5) is 10.9. The molecule has 0 atom stereocenters. The monoisotopic (exact) mass is 457 g/mol. The molecule has 0 saturated heterocycles. The van der Waals surface area contributed by atoms with Crippen LogP contribution in [-0.2, 0) is 26.0 Å². The first-order chi connectivity index (χ1) is 15.3. The quantitative estimate of drug-likeness (QED) is 0.372. The molecule has 168 valence electrons. The minimum absolute atomic E-state index is 0.0150. The van der Waals surface area contributed by atoms with Gasteiger partial charge in [-0.2, -0.15) is 8.42 Å². The minimum Gasteiger partial charge on any atom is -0.489 e. The zero-order valence-electron chi connectivity index (χ0n) is 17.6. The zero-order chi connectivity index (χ0) is 23.1. The first-order valence-electron chi connectivity index (χ1n) is 9.67. The van der Waals surface area contributed by atoms with Crippen molar-refractivity contribution in [2.75, 3.05) is 6.61 Å². The Morgan fingerprint density at radius 1 is 0.938 bits per heavy atom. The Bertz CT molecular complexity index is 1170. The molecule has 0 unspecified atom stereocenters. The smallest absolute Gasteiger partial charge is 0.449 e. The SMILES string of the molecule is Cc1cccc(C)c1-c1cccc(COc2ccc(OS(=O)(=O)OCC(=O)NO)cc2)c1. The lowest BCUT2D eigenvalue weighted by molar-refractivity contribution is -0.131. The van der Waals surface area contributed by atoms with Crippen molar-refractivity contribution in [3.05, 3.63) is 83.4 Å². The fraction of sp³-hybridized carbons (Fsp3) is 0.174. The predicted octanol–water partition coefficient (Wildman–Crippen LogP) is 3.70. The van der Waals surface area contributed by atoms with Gasteiger partial charge in [-0.15, -0.1) is 0 Å². The van der Waals surface area contributed by atoms with Gasteiger partial charge in [-0.1, -0.05) is 36.4 Å². The van der Waals surface area contributed by atoms with Crippen LogP contribution in [0.25, 0.3) is 11.1 Å². The summed E-state index contributed by atoms with van der Waals surface area (Å²) in [5, 5.41) is 8.35. The van der Waals surface area contributed by atoms with Crippen molar-refractivity contribution in [2.24, 2.45) is 0 Å². The van der Waals surface area contributed by atoms with Crippen molar-refractivity contribution in [1.82, 2.24) is 5.48 Å². The van der Waals surface area contributed by atoms with Crippen molar-refractivity contribution in [3.8, 4) is 22.6 Å². The van der Waals surface area contributed by atoms with Gasteiger partial charge >= 0.3 is 10.4 Å². The summed E-state index contributed by atoms with van der Waals surface area (Å²) in [6.07, 6.45) is 0. The van der Waals surface area contributed by atoms with Crippen molar-refractivity contribution < 1.29 is 31.5 Å². The van der Waals surface area contributed by atoms with E-state index in [1.165, 1.54) is 34.3 Å². The molecule has 0 bridgehead atoms. The highest BCUT2D eigenvalue weighted by Gasteiger charge is 2.16. The van der Waals surface area contributed by atoms with Gasteiger partial charge in [0.2, 0.25) is 0 Å². The van der Waals surface area contributed by atoms with Crippen molar-refractivity contribution in [2.45, 2.75) is 20.5 Å². The first-order valence-corrected chi connectivity index (χ1v) is 11.0. The number of rotatable bonds is 9. The van der Waals surface area contributed by atoms with Gasteiger partial charge in [0.25, 0.3) is 5.91 Å². The highest BCUT2D eigenvalue weighted by molar-refractivity contribution is 7.82. The van der Waals surface area contributed by atoms with Gasteiger partial charge in [-0.25, -0.2) is 9.66 Å². The second-order valence-corrected chi connectivity index (χ2v) is 8.23. The van der Waals surface area contributed by atoms with E-state index in [9.17, 15) is 13.2 Å². The van der Waals surface area contributed by atoms with E-state index >= 15 is 0 Å². The lowest BCUT2D eigenvalue weighted by Crippen LogP contribution is -2.27. The number of nitrogens with one attached hydrogen (secondary N) is 1. The second-order valence-electron chi connectivity index (χ2n) is 7.02. The van der Waals surface area contributed by atoms with Crippen LogP contribution in [-0.4, -0.2) is 26.1 Å². The van der Waals surface area contributed by atoms with Gasteiger partial charge in [0.1, 0.15) is 18.1 Å². The fourth-order valence-electron chi connectivity index (χ4n) is 3.14. The van der Waals surface area contributed by atoms with E-state index in [1.54, 1.807) is 12.1 Å². The largest absolute Gasteiger partial charge is 0.489 e. The van der Waals surface area contributed by atoms with Crippen molar-refractivity contribution in [1.29, 1.82) is 0 Å². The van der Waals surface area contributed by atoms with E-state index in [0.717, 1.165) is 11.1 Å². The van der Waals surface area contributed by atoms with Crippen LogP contribution in [0.5, 0.6) is 11.5 Å². The van der Waals surface area contributed by atoms with Crippen LogP contribution < -0.4 is 14.4 Å². The lowest BCUT2D eigenvalue weighted by atomic mass is 9.95. The van der Waals surface area contributed by atoms with Crippen LogP contribution in [0.4, 0.5) is 0 Å². The molecule has 2 N–H and O–H groups in total. The molecule has 0 heterocycles. The van der Waals surface area contributed by atoms with E-state index in [-0.39, 0.29) is 5.75 Å². The molecule has 1 amide bonds. The predicted molar refractivity (Wildman–Crippen MR) is 118 cm³/mol. The highest BCUT2D eigenvalue weighted by Crippen LogP contribution is 2.28. The number of carbonyl (C=O) groups excluding carboxylic acids is 1. The molecule has 0 aromatic heterocycles. The Morgan fingerprint density at radius 3 is 2.22 bits per heavy atom. The second kappa shape index (κ2) is 10.3. The fourth-order valence-corrected chi connectivity index (χ4v) is 3.79. The number of carbonyl (C=O) groups is 1. The number of hydrogen-bond donors (Lipinski definition) is 2. The Hall–Kier alpha value is -3.40. The Labute approximate surface area is 186 Å². The number of benzene rings is 3. The average Bonchev–Trinajstić information content (AvgIpc) is 2.77. The van der Waals surface area contributed by atoms with Crippen LogP contribution in [0.15, 0.2) is 66.7 Å². The Morgan fingerprint density at radius 2 is 1.56 bits per heavy atom. The number of aryl methyl sites for hydroxylation is 2. The van der Waals surface area contributed by atoms with Gasteiger partial charge in [-0.3, -0.25) is 10.0 Å². The molecule has 0 aliphatic rings.